The molecular formula is C23H40Br2O7Si. The van der Waals surface area contributed by atoms with E-state index < -0.39 is 32.9 Å². The number of methoxy groups -OCH3 is 3. The molecule has 1 saturated heterocycles. The summed E-state index contributed by atoms with van der Waals surface area (Å²) in [6.07, 6.45) is 3.31. The number of carbonyl (C=O) groups excluding carboxylic acids is 1. The molecule has 0 saturated carbocycles. The zero-order valence-corrected chi connectivity index (χ0v) is 25.3. The molecule has 0 bridgehead atoms. The van der Waals surface area contributed by atoms with Gasteiger partial charge in [0.1, 0.15) is 24.6 Å². The second-order valence-electron chi connectivity index (χ2n) is 9.58. The van der Waals surface area contributed by atoms with Crippen molar-refractivity contribution >= 4 is 46.5 Å². The molecule has 1 fully saturated rings. The Kier molecular flexibility index (Phi) is 13.2. The largest absolute Gasteiger partial charge is 0.408 e. The van der Waals surface area contributed by atoms with Crippen LogP contribution in [0.1, 0.15) is 34.1 Å². The summed E-state index contributed by atoms with van der Waals surface area (Å²) >= 11 is 6.94. The van der Waals surface area contributed by atoms with Gasteiger partial charge in [0.2, 0.25) is 0 Å². The van der Waals surface area contributed by atoms with Gasteiger partial charge in [-0.15, -0.1) is 0 Å². The molecular weight excluding hydrogens is 576 g/mol. The Morgan fingerprint density at radius 2 is 1.64 bits per heavy atom. The van der Waals surface area contributed by atoms with Crippen LogP contribution in [-0.2, 0) is 32.9 Å². The summed E-state index contributed by atoms with van der Waals surface area (Å²) in [5.41, 5.74) is 0. The lowest BCUT2D eigenvalue weighted by atomic mass is 9.99. The summed E-state index contributed by atoms with van der Waals surface area (Å²) in [7, 11) is 2.68. The molecule has 0 amide bonds. The maximum Gasteiger partial charge on any atom is 0.193 e. The number of halogens is 2. The predicted molar refractivity (Wildman–Crippen MR) is 139 cm³/mol. The van der Waals surface area contributed by atoms with Gasteiger partial charge in [-0.05, 0) is 75.5 Å². The van der Waals surface area contributed by atoms with Crippen LogP contribution in [0.25, 0.3) is 0 Å². The fourth-order valence-electron chi connectivity index (χ4n) is 3.49. The SMILES string of the molecule is CO[C@@H]1[C@@H](OC)[C@H](C)O[C@@H](O[C@@H](C/C=C/C=O)[C@@H](C=C(Br)Br)O[Si](C)(C)C(C)(C)C)[C@@H]1OC. The van der Waals surface area contributed by atoms with E-state index in [2.05, 4.69) is 65.7 Å². The van der Waals surface area contributed by atoms with Crippen molar-refractivity contribution in [3.63, 3.8) is 0 Å². The molecule has 192 valence electrons. The molecule has 0 aromatic rings. The zero-order valence-electron chi connectivity index (χ0n) is 21.2. The van der Waals surface area contributed by atoms with Crippen LogP contribution in [0, 0.1) is 0 Å². The van der Waals surface area contributed by atoms with Crippen molar-refractivity contribution < 1.29 is 32.9 Å². The molecule has 0 unspecified atom stereocenters. The quantitative estimate of drug-likeness (QED) is 0.167. The van der Waals surface area contributed by atoms with Crippen LogP contribution in [0.15, 0.2) is 21.6 Å². The zero-order chi connectivity index (χ0) is 25.4. The third kappa shape index (κ3) is 8.91. The molecule has 10 heteroatoms. The van der Waals surface area contributed by atoms with Gasteiger partial charge in [0.25, 0.3) is 0 Å². The van der Waals surface area contributed by atoms with Gasteiger partial charge in [0.15, 0.2) is 14.6 Å². The van der Waals surface area contributed by atoms with E-state index in [0.29, 0.717) is 6.42 Å². The van der Waals surface area contributed by atoms with Crippen molar-refractivity contribution in [3.05, 3.63) is 21.6 Å². The second kappa shape index (κ2) is 14.0. The molecule has 1 heterocycles. The van der Waals surface area contributed by atoms with Crippen LogP contribution in [0.2, 0.25) is 18.1 Å². The topological polar surface area (TPSA) is 72.5 Å². The fraction of sp³-hybridized carbons (Fsp3) is 0.783. The standard InChI is InChI=1S/C23H40Br2O7Si/c1-15-19(27-5)20(28-6)21(29-7)22(30-15)31-16(12-10-11-13-26)17(14-18(24)25)32-33(8,9)23(2,3)4/h10-11,13-17,19-22H,12H2,1-9H3/b11-10+/t15-,16-,17+,19-,20+,21+,22-/m0/s1. The van der Waals surface area contributed by atoms with Crippen molar-refractivity contribution in [2.75, 3.05) is 21.3 Å². The first-order valence-corrected chi connectivity index (χ1v) is 15.5. The van der Waals surface area contributed by atoms with Crippen molar-refractivity contribution in [1.82, 2.24) is 0 Å². The van der Waals surface area contributed by atoms with Gasteiger partial charge in [-0.2, -0.15) is 0 Å². The van der Waals surface area contributed by atoms with Crippen molar-refractivity contribution in [2.24, 2.45) is 0 Å². The number of allylic oxidation sites excluding steroid dienone is 1. The van der Waals surface area contributed by atoms with Gasteiger partial charge in [-0.25, -0.2) is 0 Å². The molecule has 7 atom stereocenters. The summed E-state index contributed by atoms with van der Waals surface area (Å²) < 4.78 is 37.2. The molecule has 7 nitrogen and oxygen atoms in total. The average Bonchev–Trinajstić information content (AvgIpc) is 2.70. The summed E-state index contributed by atoms with van der Waals surface area (Å²) in [6.45, 7) is 12.9. The van der Waals surface area contributed by atoms with Crippen LogP contribution >= 0.6 is 31.9 Å². The molecule has 0 aromatic carbocycles. The van der Waals surface area contributed by atoms with Crippen molar-refractivity contribution in [3.8, 4) is 0 Å². The highest BCUT2D eigenvalue weighted by Gasteiger charge is 2.48. The molecule has 0 spiro atoms. The van der Waals surface area contributed by atoms with Crippen molar-refractivity contribution in [1.29, 1.82) is 0 Å². The minimum atomic E-state index is -2.16. The molecule has 0 aromatic heterocycles. The molecule has 1 aliphatic rings. The van der Waals surface area contributed by atoms with Gasteiger partial charge in [-0.1, -0.05) is 26.8 Å². The third-order valence-electron chi connectivity index (χ3n) is 6.33. The molecule has 0 radical (unpaired) electrons. The van der Waals surface area contributed by atoms with Gasteiger partial charge >= 0.3 is 0 Å². The number of hydrogen-bond donors (Lipinski definition) is 0. The Bertz CT molecular complexity index is 662. The first kappa shape index (κ1) is 31.1. The first-order valence-electron chi connectivity index (χ1n) is 11.0. The van der Waals surface area contributed by atoms with Gasteiger partial charge in [0.05, 0.1) is 21.7 Å². The fourth-order valence-corrected chi connectivity index (χ4v) is 5.26. The summed E-state index contributed by atoms with van der Waals surface area (Å²) in [6, 6.07) is 0. The van der Waals surface area contributed by atoms with E-state index in [1.165, 1.54) is 6.08 Å². The molecule has 1 aliphatic heterocycles. The van der Waals surface area contributed by atoms with Gasteiger partial charge < -0.3 is 28.1 Å². The Morgan fingerprint density at radius 1 is 1.06 bits per heavy atom. The van der Waals surface area contributed by atoms with E-state index in [1.807, 2.05) is 13.0 Å². The number of rotatable bonds is 12. The Balaban J connectivity index is 3.33. The minimum absolute atomic E-state index is 0.00118. The second-order valence-corrected chi connectivity index (χ2v) is 17.1. The van der Waals surface area contributed by atoms with E-state index in [4.69, 9.17) is 28.1 Å². The third-order valence-corrected chi connectivity index (χ3v) is 11.3. The normalized spacial score (nSPS) is 28.5. The lowest BCUT2D eigenvalue weighted by molar-refractivity contribution is -0.318. The maximum absolute atomic E-state index is 10.9. The summed E-state index contributed by atoms with van der Waals surface area (Å²) in [5, 5.41) is -0.00118. The van der Waals surface area contributed by atoms with Crippen LogP contribution in [0.5, 0.6) is 0 Å². The monoisotopic (exact) mass is 614 g/mol. The van der Waals surface area contributed by atoms with Crippen LogP contribution < -0.4 is 0 Å². The Hall–Kier alpha value is 0.0869. The van der Waals surface area contributed by atoms with E-state index in [1.54, 1.807) is 27.4 Å². The molecule has 33 heavy (non-hydrogen) atoms. The predicted octanol–water partition coefficient (Wildman–Crippen LogP) is 5.33. The Morgan fingerprint density at radius 3 is 2.09 bits per heavy atom. The molecule has 0 N–H and O–H groups in total. The Labute approximate surface area is 216 Å². The van der Waals surface area contributed by atoms with E-state index in [0.717, 1.165) is 9.68 Å². The highest BCUT2D eigenvalue weighted by atomic mass is 79.9. The number of hydrogen-bond acceptors (Lipinski definition) is 7. The van der Waals surface area contributed by atoms with Crippen LogP contribution in [0.3, 0.4) is 0 Å². The lowest BCUT2D eigenvalue weighted by Crippen LogP contribution is -2.60. The van der Waals surface area contributed by atoms with E-state index >= 15 is 0 Å². The minimum Gasteiger partial charge on any atom is -0.408 e. The highest BCUT2D eigenvalue weighted by Crippen LogP contribution is 2.39. The lowest BCUT2D eigenvalue weighted by Gasteiger charge is -2.46. The molecule has 0 aliphatic carbocycles. The maximum atomic E-state index is 10.9. The van der Waals surface area contributed by atoms with Gasteiger partial charge in [-0.3, -0.25) is 4.79 Å². The smallest absolute Gasteiger partial charge is 0.193 e. The number of carbonyl (C=O) groups is 1. The molecule has 1 rings (SSSR count). The number of ether oxygens (including phenoxy) is 5. The number of aldehydes is 1. The van der Waals surface area contributed by atoms with Crippen LogP contribution in [0.4, 0.5) is 0 Å². The van der Waals surface area contributed by atoms with E-state index in [-0.39, 0.29) is 23.4 Å². The highest BCUT2D eigenvalue weighted by molar-refractivity contribution is 9.28. The summed E-state index contributed by atoms with van der Waals surface area (Å²) in [5.74, 6) is 0. The van der Waals surface area contributed by atoms with Crippen LogP contribution in [-0.4, -0.2) is 78.8 Å². The van der Waals surface area contributed by atoms with Crippen molar-refractivity contribution in [2.45, 2.75) is 95.2 Å². The summed E-state index contributed by atoms with van der Waals surface area (Å²) in [4.78, 5) is 10.9. The van der Waals surface area contributed by atoms with E-state index in [9.17, 15) is 4.79 Å². The van der Waals surface area contributed by atoms with Gasteiger partial charge in [0, 0.05) is 21.3 Å². The average molecular weight is 616 g/mol. The first-order chi connectivity index (χ1) is 15.3.